The van der Waals surface area contributed by atoms with E-state index in [1.165, 1.54) is 0 Å². The van der Waals surface area contributed by atoms with Crippen molar-refractivity contribution in [3.63, 3.8) is 0 Å². The second kappa shape index (κ2) is 5.09. The number of alkyl halides is 2. The highest BCUT2D eigenvalue weighted by molar-refractivity contribution is 14.1. The molecule has 0 bridgehead atoms. The van der Waals surface area contributed by atoms with Gasteiger partial charge in [0.15, 0.2) is 9.84 Å². The Morgan fingerprint density at radius 1 is 1.44 bits per heavy atom. The molecule has 0 aliphatic rings. The Labute approximate surface area is 121 Å². The SMILES string of the molecule is CS(=O)(=O)[C@@](Br)(I)[C@@H](O)c1ccc(Cl)cc1. The third kappa shape index (κ3) is 3.10. The predicted molar refractivity (Wildman–Crippen MR) is 76.9 cm³/mol. The standard InChI is InChI=1S/C9H9BrClIO3S/c1-16(14,15)9(10,12)8(13)6-2-4-7(11)5-3-6/h2-5,8,13H,1H3/t8-,9-/m0/s1. The summed E-state index contributed by atoms with van der Waals surface area (Å²) in [6.45, 7) is 0. The molecule has 0 heterocycles. The number of sulfone groups is 1. The van der Waals surface area contributed by atoms with Gasteiger partial charge in [-0.05, 0) is 40.3 Å². The number of benzene rings is 1. The zero-order valence-electron chi connectivity index (χ0n) is 8.19. The van der Waals surface area contributed by atoms with Gasteiger partial charge in [-0.1, -0.05) is 39.7 Å². The zero-order chi connectivity index (χ0) is 12.6. The van der Waals surface area contributed by atoms with Crippen molar-refractivity contribution in [2.24, 2.45) is 0 Å². The Bertz CT molecular complexity index is 472. The minimum atomic E-state index is -3.44. The Hall–Kier alpha value is 0.630. The average Bonchev–Trinajstić information content (AvgIpc) is 2.16. The van der Waals surface area contributed by atoms with Crippen LogP contribution in [0.2, 0.25) is 5.02 Å². The summed E-state index contributed by atoms with van der Waals surface area (Å²) in [5.74, 6) is 0. The Morgan fingerprint density at radius 3 is 2.25 bits per heavy atom. The van der Waals surface area contributed by atoms with Crippen LogP contribution in [0.15, 0.2) is 24.3 Å². The molecule has 0 saturated carbocycles. The van der Waals surface area contributed by atoms with Crippen LogP contribution in [-0.4, -0.2) is 21.4 Å². The topological polar surface area (TPSA) is 54.4 Å². The van der Waals surface area contributed by atoms with Crippen LogP contribution >= 0.6 is 50.1 Å². The van der Waals surface area contributed by atoms with Gasteiger partial charge in [-0.25, -0.2) is 8.42 Å². The lowest BCUT2D eigenvalue weighted by Gasteiger charge is -2.25. The van der Waals surface area contributed by atoms with E-state index in [0.717, 1.165) is 6.26 Å². The number of halogens is 3. The summed E-state index contributed by atoms with van der Waals surface area (Å²) in [7, 11) is -3.44. The molecule has 1 aromatic rings. The fourth-order valence-corrected chi connectivity index (χ4v) is 2.33. The second-order valence-corrected chi connectivity index (χ2v) is 11.6. The van der Waals surface area contributed by atoms with E-state index in [2.05, 4.69) is 15.9 Å². The maximum Gasteiger partial charge on any atom is 0.206 e. The molecule has 1 aromatic carbocycles. The van der Waals surface area contributed by atoms with Crippen LogP contribution in [0.25, 0.3) is 0 Å². The third-order valence-corrected chi connectivity index (χ3v) is 8.65. The summed E-state index contributed by atoms with van der Waals surface area (Å²) in [6.07, 6.45) is -0.104. The summed E-state index contributed by atoms with van der Waals surface area (Å²) < 4.78 is 21.5. The van der Waals surface area contributed by atoms with Crippen LogP contribution in [0.3, 0.4) is 0 Å². The van der Waals surface area contributed by atoms with E-state index in [1.807, 2.05) is 0 Å². The van der Waals surface area contributed by atoms with E-state index in [9.17, 15) is 13.5 Å². The molecule has 90 valence electrons. The fraction of sp³-hybridized carbons (Fsp3) is 0.333. The first-order valence-electron chi connectivity index (χ1n) is 4.17. The molecule has 1 N–H and O–H groups in total. The zero-order valence-corrected chi connectivity index (χ0v) is 13.5. The maximum atomic E-state index is 11.5. The third-order valence-electron chi connectivity index (χ3n) is 2.00. The molecule has 0 unspecified atom stereocenters. The lowest BCUT2D eigenvalue weighted by molar-refractivity contribution is 0.191. The molecule has 0 saturated heterocycles. The van der Waals surface area contributed by atoms with Crippen molar-refractivity contribution < 1.29 is 13.5 Å². The van der Waals surface area contributed by atoms with E-state index < -0.39 is 17.6 Å². The lowest BCUT2D eigenvalue weighted by atomic mass is 10.1. The molecular weight excluding hydrogens is 430 g/mol. The summed E-state index contributed by atoms with van der Waals surface area (Å²) in [5.41, 5.74) is 0.487. The number of rotatable bonds is 3. The summed E-state index contributed by atoms with van der Waals surface area (Å²) >= 11 is 10.4. The van der Waals surface area contributed by atoms with E-state index in [1.54, 1.807) is 46.9 Å². The highest BCUT2D eigenvalue weighted by Crippen LogP contribution is 2.44. The Morgan fingerprint density at radius 2 is 1.88 bits per heavy atom. The van der Waals surface area contributed by atoms with Gasteiger partial charge in [0.25, 0.3) is 0 Å². The van der Waals surface area contributed by atoms with Gasteiger partial charge in [-0.2, -0.15) is 0 Å². The van der Waals surface area contributed by atoms with Crippen LogP contribution in [-0.2, 0) is 9.84 Å². The number of aliphatic hydroxyl groups is 1. The smallest absolute Gasteiger partial charge is 0.206 e. The first kappa shape index (κ1) is 14.7. The largest absolute Gasteiger partial charge is 0.385 e. The quantitative estimate of drug-likeness (QED) is 0.582. The van der Waals surface area contributed by atoms with E-state index in [-0.39, 0.29) is 0 Å². The Kier molecular flexibility index (Phi) is 4.68. The van der Waals surface area contributed by atoms with Crippen molar-refractivity contribution in [2.75, 3.05) is 6.26 Å². The molecule has 0 aliphatic heterocycles. The molecular formula is C9H9BrClIO3S. The van der Waals surface area contributed by atoms with Crippen molar-refractivity contribution in [3.8, 4) is 0 Å². The first-order chi connectivity index (χ1) is 7.16. The van der Waals surface area contributed by atoms with Crippen LogP contribution in [0.5, 0.6) is 0 Å². The van der Waals surface area contributed by atoms with Crippen molar-refractivity contribution in [2.45, 2.75) is 7.77 Å². The number of hydrogen-bond acceptors (Lipinski definition) is 3. The molecule has 3 nitrogen and oxygen atoms in total. The lowest BCUT2D eigenvalue weighted by Crippen LogP contribution is -2.31. The monoisotopic (exact) mass is 438 g/mol. The molecule has 7 heteroatoms. The Balaban J connectivity index is 3.12. The van der Waals surface area contributed by atoms with Crippen LogP contribution in [0, 0.1) is 0 Å². The molecule has 1 rings (SSSR count). The molecule has 0 spiro atoms. The van der Waals surface area contributed by atoms with E-state index >= 15 is 0 Å². The van der Waals surface area contributed by atoms with Gasteiger partial charge in [-0.15, -0.1) is 0 Å². The highest BCUT2D eigenvalue weighted by atomic mass is 127. The van der Waals surface area contributed by atoms with Gasteiger partial charge in [0.2, 0.25) is 1.66 Å². The molecule has 0 aromatic heterocycles. The van der Waals surface area contributed by atoms with Crippen molar-refractivity contribution in [3.05, 3.63) is 34.9 Å². The number of hydrogen-bond donors (Lipinski definition) is 1. The van der Waals surface area contributed by atoms with Crippen molar-refractivity contribution in [1.29, 1.82) is 0 Å². The van der Waals surface area contributed by atoms with Gasteiger partial charge >= 0.3 is 0 Å². The van der Waals surface area contributed by atoms with E-state index in [0.29, 0.717) is 10.6 Å². The van der Waals surface area contributed by atoms with Gasteiger partial charge in [-0.3, -0.25) is 0 Å². The minimum absolute atomic E-state index is 0.487. The van der Waals surface area contributed by atoms with Gasteiger partial charge < -0.3 is 5.11 Å². The second-order valence-electron chi connectivity index (χ2n) is 3.29. The van der Waals surface area contributed by atoms with Gasteiger partial charge in [0.1, 0.15) is 6.10 Å². The molecule has 0 amide bonds. The average molecular weight is 439 g/mol. The van der Waals surface area contributed by atoms with Crippen LogP contribution < -0.4 is 0 Å². The minimum Gasteiger partial charge on any atom is -0.385 e. The van der Waals surface area contributed by atoms with Crippen molar-refractivity contribution in [1.82, 2.24) is 0 Å². The fourth-order valence-electron chi connectivity index (χ4n) is 1.04. The van der Waals surface area contributed by atoms with Gasteiger partial charge in [0.05, 0.1) is 0 Å². The summed E-state index contributed by atoms with van der Waals surface area (Å²) in [4.78, 5) is 0. The first-order valence-corrected chi connectivity index (χ1v) is 8.31. The van der Waals surface area contributed by atoms with Crippen LogP contribution in [0.1, 0.15) is 11.7 Å². The van der Waals surface area contributed by atoms with Crippen molar-refractivity contribution >= 4 is 60.0 Å². The maximum absolute atomic E-state index is 11.5. The summed E-state index contributed by atoms with van der Waals surface area (Å²) in [6, 6.07) is 6.38. The molecule has 0 fully saturated rings. The van der Waals surface area contributed by atoms with E-state index in [4.69, 9.17) is 11.6 Å². The molecule has 16 heavy (non-hydrogen) atoms. The van der Waals surface area contributed by atoms with Crippen LogP contribution in [0.4, 0.5) is 0 Å². The molecule has 2 atom stereocenters. The molecule has 0 aliphatic carbocycles. The predicted octanol–water partition coefficient (Wildman–Crippen LogP) is 2.90. The molecule has 0 radical (unpaired) electrons. The summed E-state index contributed by atoms with van der Waals surface area (Å²) in [5, 5.41) is 10.5. The number of aliphatic hydroxyl groups excluding tert-OH is 1. The van der Waals surface area contributed by atoms with Gasteiger partial charge in [0, 0.05) is 11.3 Å². The normalized spacial score (nSPS) is 17.8. The highest BCUT2D eigenvalue weighted by Gasteiger charge is 2.43.